The number of hydrogen-bond acceptors (Lipinski definition) is 4. The van der Waals surface area contributed by atoms with Gasteiger partial charge < -0.3 is 19.2 Å². The van der Waals surface area contributed by atoms with Crippen LogP contribution < -0.4 is 0 Å². The molecule has 2 heterocycles. The van der Waals surface area contributed by atoms with Gasteiger partial charge in [0.15, 0.2) is 4.67 Å². The molecule has 1 unspecified atom stereocenters. The van der Waals surface area contributed by atoms with Crippen molar-refractivity contribution in [3.05, 3.63) is 28.6 Å². The van der Waals surface area contributed by atoms with Gasteiger partial charge in [-0.05, 0) is 34.1 Å². The van der Waals surface area contributed by atoms with Crippen LogP contribution >= 0.6 is 15.9 Å². The molecule has 0 radical (unpaired) electrons. The summed E-state index contributed by atoms with van der Waals surface area (Å²) in [6.07, 6.45) is 2.44. The minimum absolute atomic E-state index is 0.0986. The molecular formula is C13H14BrNO5. The zero-order chi connectivity index (χ0) is 14.5. The van der Waals surface area contributed by atoms with Crippen LogP contribution in [-0.2, 0) is 14.3 Å². The van der Waals surface area contributed by atoms with Gasteiger partial charge in [0.25, 0.3) is 0 Å². The number of morpholine rings is 1. The van der Waals surface area contributed by atoms with Crippen molar-refractivity contribution < 1.29 is 23.8 Å². The molecule has 0 saturated carbocycles. The summed E-state index contributed by atoms with van der Waals surface area (Å²) in [5.41, 5.74) is 0. The predicted octanol–water partition coefficient (Wildman–Crippen LogP) is 1.76. The zero-order valence-electron chi connectivity index (χ0n) is 10.6. The Morgan fingerprint density at radius 1 is 1.50 bits per heavy atom. The van der Waals surface area contributed by atoms with Gasteiger partial charge in [-0.1, -0.05) is 0 Å². The summed E-state index contributed by atoms with van der Waals surface area (Å²) in [6, 6.07) is 3.47. The quantitative estimate of drug-likeness (QED) is 0.842. The largest absolute Gasteiger partial charge is 0.481 e. The first-order valence-corrected chi connectivity index (χ1v) is 6.89. The van der Waals surface area contributed by atoms with E-state index < -0.39 is 12.1 Å². The van der Waals surface area contributed by atoms with Crippen molar-refractivity contribution >= 4 is 33.9 Å². The lowest BCUT2D eigenvalue weighted by atomic mass is 10.2. The predicted molar refractivity (Wildman–Crippen MR) is 74.0 cm³/mol. The van der Waals surface area contributed by atoms with Crippen LogP contribution in [-0.4, -0.2) is 47.7 Å². The number of carbonyl (C=O) groups is 2. The number of carboxylic acids is 1. The Kier molecular flexibility index (Phi) is 4.97. The Morgan fingerprint density at radius 2 is 2.30 bits per heavy atom. The lowest BCUT2D eigenvalue weighted by molar-refractivity contribution is -0.145. The Balaban J connectivity index is 1.91. The highest BCUT2D eigenvalue weighted by Gasteiger charge is 2.24. The Hall–Kier alpha value is -1.60. The SMILES string of the molecule is O=C(O)CC1CN(C(=O)C=Cc2ccc(Br)o2)CCO1. The lowest BCUT2D eigenvalue weighted by Gasteiger charge is -2.31. The molecular weight excluding hydrogens is 330 g/mol. The number of rotatable bonds is 4. The molecule has 108 valence electrons. The lowest BCUT2D eigenvalue weighted by Crippen LogP contribution is -2.45. The highest BCUT2D eigenvalue weighted by molar-refractivity contribution is 9.10. The molecule has 1 aromatic rings. The molecule has 0 aliphatic carbocycles. The van der Waals surface area contributed by atoms with Gasteiger partial charge in [-0.25, -0.2) is 0 Å². The Morgan fingerprint density at radius 3 is 2.95 bits per heavy atom. The highest BCUT2D eigenvalue weighted by atomic mass is 79.9. The minimum atomic E-state index is -0.930. The molecule has 1 atom stereocenters. The smallest absolute Gasteiger partial charge is 0.306 e. The van der Waals surface area contributed by atoms with Crippen LogP contribution in [0.25, 0.3) is 6.08 Å². The summed E-state index contributed by atoms with van der Waals surface area (Å²) >= 11 is 3.18. The third-order valence-corrected chi connectivity index (χ3v) is 3.26. The van der Waals surface area contributed by atoms with Crippen LogP contribution in [0.15, 0.2) is 27.3 Å². The van der Waals surface area contributed by atoms with Crippen molar-refractivity contribution in [2.75, 3.05) is 19.7 Å². The topological polar surface area (TPSA) is 80.0 Å². The van der Waals surface area contributed by atoms with Gasteiger partial charge >= 0.3 is 5.97 Å². The van der Waals surface area contributed by atoms with E-state index in [4.69, 9.17) is 14.3 Å². The van der Waals surface area contributed by atoms with E-state index >= 15 is 0 Å². The minimum Gasteiger partial charge on any atom is -0.481 e. The van der Waals surface area contributed by atoms with Gasteiger partial charge in [-0.15, -0.1) is 0 Å². The molecule has 7 heteroatoms. The third kappa shape index (κ3) is 4.21. The normalized spacial score (nSPS) is 19.4. The van der Waals surface area contributed by atoms with Gasteiger partial charge in [-0.3, -0.25) is 9.59 Å². The van der Waals surface area contributed by atoms with E-state index in [9.17, 15) is 9.59 Å². The molecule has 1 aliphatic heterocycles. The van der Waals surface area contributed by atoms with Crippen LogP contribution in [0.3, 0.4) is 0 Å². The number of furan rings is 1. The van der Waals surface area contributed by atoms with Crippen LogP contribution in [0.2, 0.25) is 0 Å². The number of aliphatic carboxylic acids is 1. The van der Waals surface area contributed by atoms with E-state index in [2.05, 4.69) is 15.9 Å². The van der Waals surface area contributed by atoms with Crippen LogP contribution in [0.5, 0.6) is 0 Å². The zero-order valence-corrected chi connectivity index (χ0v) is 12.2. The van der Waals surface area contributed by atoms with E-state index in [1.54, 1.807) is 23.1 Å². The number of halogens is 1. The van der Waals surface area contributed by atoms with E-state index in [-0.39, 0.29) is 18.9 Å². The summed E-state index contributed by atoms with van der Waals surface area (Å²) in [7, 11) is 0. The van der Waals surface area contributed by atoms with Crippen molar-refractivity contribution in [2.24, 2.45) is 0 Å². The average Bonchev–Trinajstić information content (AvgIpc) is 2.81. The maximum atomic E-state index is 12.0. The van der Waals surface area contributed by atoms with E-state index in [1.807, 2.05) is 0 Å². The Bertz CT molecular complexity index is 525. The van der Waals surface area contributed by atoms with Crippen molar-refractivity contribution in [3.63, 3.8) is 0 Å². The van der Waals surface area contributed by atoms with Gasteiger partial charge in [0.05, 0.1) is 19.1 Å². The first-order valence-electron chi connectivity index (χ1n) is 6.10. The van der Waals surface area contributed by atoms with Crippen molar-refractivity contribution in [1.29, 1.82) is 0 Å². The second-order valence-corrected chi connectivity index (χ2v) is 5.13. The molecule has 2 rings (SSSR count). The number of hydrogen-bond donors (Lipinski definition) is 1. The molecule has 1 aromatic heterocycles. The van der Waals surface area contributed by atoms with Crippen molar-refractivity contribution in [3.8, 4) is 0 Å². The summed E-state index contributed by atoms with van der Waals surface area (Å²) < 4.78 is 11.2. The average molecular weight is 344 g/mol. The molecule has 1 fully saturated rings. The number of amides is 1. The Labute approximate surface area is 124 Å². The molecule has 1 aliphatic rings. The molecule has 1 amide bonds. The van der Waals surface area contributed by atoms with Crippen molar-refractivity contribution in [2.45, 2.75) is 12.5 Å². The third-order valence-electron chi connectivity index (χ3n) is 2.84. The van der Waals surface area contributed by atoms with Gasteiger partial charge in [0.1, 0.15) is 5.76 Å². The maximum absolute atomic E-state index is 12.0. The first-order chi connectivity index (χ1) is 9.54. The van der Waals surface area contributed by atoms with Crippen LogP contribution in [0.4, 0.5) is 0 Å². The number of carboxylic acid groups (broad SMARTS) is 1. The molecule has 20 heavy (non-hydrogen) atoms. The fourth-order valence-corrected chi connectivity index (χ4v) is 2.23. The number of carbonyl (C=O) groups excluding carboxylic acids is 1. The molecule has 1 N–H and O–H groups in total. The second-order valence-electron chi connectivity index (χ2n) is 4.35. The van der Waals surface area contributed by atoms with Gasteiger partial charge in [0, 0.05) is 19.2 Å². The van der Waals surface area contributed by atoms with Crippen LogP contribution in [0.1, 0.15) is 12.2 Å². The molecule has 0 bridgehead atoms. The summed E-state index contributed by atoms with van der Waals surface area (Å²) in [6.45, 7) is 1.10. The van der Waals surface area contributed by atoms with E-state index in [0.29, 0.717) is 23.6 Å². The monoisotopic (exact) mass is 343 g/mol. The number of ether oxygens (including phenoxy) is 1. The summed E-state index contributed by atoms with van der Waals surface area (Å²) in [5, 5.41) is 8.73. The van der Waals surface area contributed by atoms with Gasteiger partial charge in [0.2, 0.25) is 5.91 Å². The molecule has 0 aromatic carbocycles. The van der Waals surface area contributed by atoms with E-state index in [0.717, 1.165) is 0 Å². The maximum Gasteiger partial charge on any atom is 0.306 e. The molecule has 1 saturated heterocycles. The standard InChI is InChI=1S/C13H14BrNO5/c14-11-3-1-9(20-11)2-4-12(16)15-5-6-19-10(8-15)7-13(17)18/h1-4,10H,5-8H2,(H,17,18). The number of nitrogens with zero attached hydrogens (tertiary/aromatic N) is 1. The van der Waals surface area contributed by atoms with Crippen LogP contribution in [0, 0.1) is 0 Å². The summed E-state index contributed by atoms with van der Waals surface area (Å²) in [4.78, 5) is 24.2. The molecule has 0 spiro atoms. The fourth-order valence-electron chi connectivity index (χ4n) is 1.91. The van der Waals surface area contributed by atoms with Crippen molar-refractivity contribution in [1.82, 2.24) is 4.90 Å². The first kappa shape index (κ1) is 14.8. The van der Waals surface area contributed by atoms with Gasteiger partial charge in [-0.2, -0.15) is 0 Å². The highest BCUT2D eigenvalue weighted by Crippen LogP contribution is 2.15. The second kappa shape index (κ2) is 6.71. The molecule has 6 nitrogen and oxygen atoms in total. The van der Waals surface area contributed by atoms with E-state index in [1.165, 1.54) is 6.08 Å². The summed E-state index contributed by atoms with van der Waals surface area (Å²) in [5.74, 6) is -0.544. The fraction of sp³-hybridized carbons (Fsp3) is 0.385.